The molecule has 138 valence electrons. The van der Waals surface area contributed by atoms with Crippen molar-refractivity contribution in [1.82, 2.24) is 20.0 Å². The normalized spacial score (nSPS) is 20.3. The molecule has 1 rings (SSSR count). The Morgan fingerprint density at radius 1 is 0.957 bits per heavy atom. The number of nitrogens with one attached hydrogen (secondary N) is 1. The first-order chi connectivity index (χ1) is 10.9. The van der Waals surface area contributed by atoms with E-state index in [-0.39, 0.29) is 0 Å². The van der Waals surface area contributed by atoms with Crippen molar-refractivity contribution in [3.05, 3.63) is 0 Å². The lowest BCUT2D eigenvalue weighted by molar-refractivity contribution is 0.104. The van der Waals surface area contributed by atoms with Crippen molar-refractivity contribution in [3.63, 3.8) is 0 Å². The second kappa shape index (κ2) is 11.4. The molecule has 0 amide bonds. The number of piperazine rings is 1. The third kappa shape index (κ3) is 8.48. The third-order valence-corrected chi connectivity index (χ3v) is 5.62. The summed E-state index contributed by atoms with van der Waals surface area (Å²) in [7, 11) is 4.28. The standard InChI is InChI=1S/C19H42N4/c1-17(2)23-15-13-22(14-16-23)11-9-18(3)7-8-19(4)21(6)12-10-20-5/h17-20H,7-16H2,1-6H3. The van der Waals surface area contributed by atoms with Gasteiger partial charge in [0.15, 0.2) is 0 Å². The van der Waals surface area contributed by atoms with Gasteiger partial charge < -0.3 is 15.1 Å². The molecule has 1 aliphatic heterocycles. The van der Waals surface area contributed by atoms with E-state index in [0.717, 1.165) is 19.0 Å². The van der Waals surface area contributed by atoms with E-state index in [1.54, 1.807) is 0 Å². The summed E-state index contributed by atoms with van der Waals surface area (Å²) >= 11 is 0. The van der Waals surface area contributed by atoms with E-state index in [0.29, 0.717) is 12.1 Å². The molecule has 1 fully saturated rings. The van der Waals surface area contributed by atoms with Crippen molar-refractivity contribution >= 4 is 0 Å². The molecule has 23 heavy (non-hydrogen) atoms. The molecule has 0 aromatic rings. The summed E-state index contributed by atoms with van der Waals surface area (Å²) in [5.74, 6) is 0.846. The Morgan fingerprint density at radius 2 is 1.61 bits per heavy atom. The smallest absolute Gasteiger partial charge is 0.0113 e. The second-order valence-corrected chi connectivity index (χ2v) is 7.88. The minimum atomic E-state index is 0.695. The molecule has 0 aromatic heterocycles. The van der Waals surface area contributed by atoms with Crippen LogP contribution < -0.4 is 5.32 Å². The minimum absolute atomic E-state index is 0.695. The first-order valence-electron chi connectivity index (χ1n) is 9.75. The van der Waals surface area contributed by atoms with Crippen LogP contribution in [0, 0.1) is 5.92 Å². The summed E-state index contributed by atoms with van der Waals surface area (Å²) in [6, 6.07) is 1.40. The van der Waals surface area contributed by atoms with Crippen LogP contribution >= 0.6 is 0 Å². The van der Waals surface area contributed by atoms with Crippen LogP contribution in [0.1, 0.15) is 47.0 Å². The van der Waals surface area contributed by atoms with Gasteiger partial charge in [-0.3, -0.25) is 4.90 Å². The minimum Gasteiger partial charge on any atom is -0.318 e. The first-order valence-corrected chi connectivity index (χ1v) is 9.75. The predicted molar refractivity (Wildman–Crippen MR) is 102 cm³/mol. The fourth-order valence-electron chi connectivity index (χ4n) is 3.31. The van der Waals surface area contributed by atoms with Gasteiger partial charge in [-0.2, -0.15) is 0 Å². The zero-order valence-electron chi connectivity index (χ0n) is 16.6. The van der Waals surface area contributed by atoms with E-state index in [4.69, 9.17) is 0 Å². The Labute approximate surface area is 145 Å². The van der Waals surface area contributed by atoms with Crippen LogP contribution in [-0.4, -0.2) is 86.7 Å². The highest BCUT2D eigenvalue weighted by Gasteiger charge is 2.19. The van der Waals surface area contributed by atoms with E-state index in [1.165, 1.54) is 52.0 Å². The van der Waals surface area contributed by atoms with Gasteiger partial charge in [0.25, 0.3) is 0 Å². The average Bonchev–Trinajstić information content (AvgIpc) is 2.55. The van der Waals surface area contributed by atoms with Crippen LogP contribution in [0.3, 0.4) is 0 Å². The highest BCUT2D eigenvalue weighted by Crippen LogP contribution is 2.16. The lowest BCUT2D eigenvalue weighted by atomic mass is 9.98. The lowest BCUT2D eigenvalue weighted by Crippen LogP contribution is -2.49. The molecule has 0 radical (unpaired) electrons. The molecule has 0 aliphatic carbocycles. The Balaban J connectivity index is 2.11. The molecule has 1 saturated heterocycles. The summed E-state index contributed by atoms with van der Waals surface area (Å²) in [6.45, 7) is 18.0. The molecule has 1 heterocycles. The van der Waals surface area contributed by atoms with Gasteiger partial charge in [-0.25, -0.2) is 0 Å². The van der Waals surface area contributed by atoms with Crippen molar-refractivity contribution in [2.24, 2.45) is 5.92 Å². The fourth-order valence-corrected chi connectivity index (χ4v) is 3.31. The number of rotatable bonds is 11. The molecule has 2 unspecified atom stereocenters. The van der Waals surface area contributed by atoms with E-state index in [9.17, 15) is 0 Å². The SMILES string of the molecule is CNCCN(C)C(C)CCC(C)CCN1CCN(C(C)C)CC1. The molecular formula is C19H42N4. The summed E-state index contributed by atoms with van der Waals surface area (Å²) in [5, 5.41) is 3.23. The summed E-state index contributed by atoms with van der Waals surface area (Å²) in [5.41, 5.74) is 0. The van der Waals surface area contributed by atoms with Crippen LogP contribution in [0.4, 0.5) is 0 Å². The maximum atomic E-state index is 3.23. The van der Waals surface area contributed by atoms with E-state index >= 15 is 0 Å². The number of hydrogen-bond acceptors (Lipinski definition) is 4. The van der Waals surface area contributed by atoms with Gasteiger partial charge in [0.2, 0.25) is 0 Å². The largest absolute Gasteiger partial charge is 0.318 e. The molecule has 2 atom stereocenters. The molecule has 0 saturated carbocycles. The Morgan fingerprint density at radius 3 is 2.17 bits per heavy atom. The summed E-state index contributed by atoms with van der Waals surface area (Å²) in [6.07, 6.45) is 4.04. The van der Waals surface area contributed by atoms with Gasteiger partial charge in [-0.1, -0.05) is 6.92 Å². The summed E-state index contributed by atoms with van der Waals surface area (Å²) in [4.78, 5) is 7.74. The highest BCUT2D eigenvalue weighted by molar-refractivity contribution is 4.75. The number of hydrogen-bond donors (Lipinski definition) is 1. The van der Waals surface area contributed by atoms with Crippen molar-refractivity contribution in [2.75, 3.05) is 59.9 Å². The molecule has 1 aliphatic rings. The van der Waals surface area contributed by atoms with Crippen LogP contribution in [0.5, 0.6) is 0 Å². The highest BCUT2D eigenvalue weighted by atomic mass is 15.3. The van der Waals surface area contributed by atoms with Gasteiger partial charge in [0, 0.05) is 51.4 Å². The van der Waals surface area contributed by atoms with E-state index < -0.39 is 0 Å². The van der Waals surface area contributed by atoms with Gasteiger partial charge in [0.05, 0.1) is 0 Å². The predicted octanol–water partition coefficient (Wildman–Crippen LogP) is 2.36. The second-order valence-electron chi connectivity index (χ2n) is 7.88. The molecular weight excluding hydrogens is 284 g/mol. The van der Waals surface area contributed by atoms with Gasteiger partial charge in [-0.15, -0.1) is 0 Å². The van der Waals surface area contributed by atoms with Crippen LogP contribution in [0.15, 0.2) is 0 Å². The van der Waals surface area contributed by atoms with Crippen molar-refractivity contribution in [2.45, 2.75) is 59.0 Å². The fraction of sp³-hybridized carbons (Fsp3) is 1.00. The first kappa shape index (κ1) is 20.9. The number of likely N-dealkylation sites (N-methyl/N-ethyl adjacent to an activating group) is 2. The Hall–Kier alpha value is -0.160. The molecule has 0 bridgehead atoms. The van der Waals surface area contributed by atoms with Crippen LogP contribution in [0.25, 0.3) is 0 Å². The average molecular weight is 327 g/mol. The zero-order chi connectivity index (χ0) is 17.2. The van der Waals surface area contributed by atoms with E-state index in [1.807, 2.05) is 7.05 Å². The third-order valence-electron chi connectivity index (χ3n) is 5.62. The summed E-state index contributed by atoms with van der Waals surface area (Å²) < 4.78 is 0. The van der Waals surface area contributed by atoms with Crippen LogP contribution in [-0.2, 0) is 0 Å². The van der Waals surface area contributed by atoms with Gasteiger partial charge in [-0.05, 0) is 66.6 Å². The van der Waals surface area contributed by atoms with Gasteiger partial charge in [0.1, 0.15) is 0 Å². The Kier molecular flexibility index (Phi) is 10.4. The van der Waals surface area contributed by atoms with Crippen LogP contribution in [0.2, 0.25) is 0 Å². The van der Waals surface area contributed by atoms with Gasteiger partial charge >= 0.3 is 0 Å². The molecule has 0 aromatic carbocycles. The topological polar surface area (TPSA) is 21.8 Å². The molecule has 4 nitrogen and oxygen atoms in total. The molecule has 0 spiro atoms. The quantitative estimate of drug-likeness (QED) is 0.629. The number of nitrogens with zero attached hydrogens (tertiary/aromatic N) is 3. The molecule has 4 heteroatoms. The Bertz CT molecular complexity index is 287. The van der Waals surface area contributed by atoms with Crippen molar-refractivity contribution in [1.29, 1.82) is 0 Å². The zero-order valence-corrected chi connectivity index (χ0v) is 16.6. The maximum absolute atomic E-state index is 3.23. The van der Waals surface area contributed by atoms with Crippen molar-refractivity contribution < 1.29 is 0 Å². The monoisotopic (exact) mass is 326 g/mol. The van der Waals surface area contributed by atoms with Crippen molar-refractivity contribution in [3.8, 4) is 0 Å². The molecule has 1 N–H and O–H groups in total. The maximum Gasteiger partial charge on any atom is 0.0113 e. The van der Waals surface area contributed by atoms with E-state index in [2.05, 4.69) is 54.8 Å². The lowest BCUT2D eigenvalue weighted by Gasteiger charge is -2.37.